The monoisotopic (exact) mass is 498 g/mol. The molecule has 1 aromatic heterocycles. The number of halogens is 3. The van der Waals surface area contributed by atoms with Crippen LogP contribution in [0.25, 0.3) is 0 Å². The van der Waals surface area contributed by atoms with E-state index in [1.54, 1.807) is 61.8 Å². The fourth-order valence-corrected chi connectivity index (χ4v) is 6.01. The van der Waals surface area contributed by atoms with Gasteiger partial charge >= 0.3 is 0 Å². The molecule has 0 bridgehead atoms. The summed E-state index contributed by atoms with van der Waals surface area (Å²) in [4.78, 5) is 32.9. The Morgan fingerprint density at radius 1 is 0.971 bits per heavy atom. The minimum Gasteiger partial charge on any atom is -0.459 e. The molecule has 0 N–H and O–H groups in total. The van der Waals surface area contributed by atoms with Gasteiger partial charge in [0.05, 0.1) is 17.0 Å². The highest BCUT2D eigenvalue weighted by atomic mass is 35.5. The molecule has 2 amide bonds. The van der Waals surface area contributed by atoms with Crippen LogP contribution in [0.15, 0.2) is 67.0 Å². The largest absolute Gasteiger partial charge is 0.459 e. The molecule has 2 aromatic carbocycles. The lowest BCUT2D eigenvalue weighted by Crippen LogP contribution is -2.42. The maximum absolute atomic E-state index is 14.0. The van der Waals surface area contributed by atoms with E-state index in [0.29, 0.717) is 21.5 Å². The second kappa shape index (κ2) is 7.52. The molecule has 3 atom stereocenters. The van der Waals surface area contributed by atoms with E-state index in [4.69, 9.17) is 27.9 Å². The third-order valence-corrected chi connectivity index (χ3v) is 7.21. The Hall–Kier alpha value is -2.96. The Bertz CT molecular complexity index is 1290. The van der Waals surface area contributed by atoms with Crippen LogP contribution < -0.4 is 9.64 Å². The van der Waals surface area contributed by atoms with Crippen LogP contribution in [0, 0.1) is 11.3 Å². The number of hydrogen-bond donors (Lipinski definition) is 0. The number of aromatic nitrogens is 1. The molecule has 34 heavy (non-hydrogen) atoms. The molecule has 1 saturated heterocycles. The molecule has 1 saturated carbocycles. The Labute approximate surface area is 206 Å². The number of alkyl halides is 1. The molecule has 1 aliphatic heterocycles. The SMILES string of the molecule is CC(C)(F)Oc1ccc([C@]2(c3ccncc3)[C@@H]3C(=O)N(c4cc(Cl)cc(Cl)c4)C(=O)[C@@]32C)cc1. The van der Waals surface area contributed by atoms with Gasteiger partial charge in [0.1, 0.15) is 5.75 Å². The number of rotatable bonds is 5. The van der Waals surface area contributed by atoms with Crippen molar-refractivity contribution < 1.29 is 18.7 Å². The lowest BCUT2D eigenvalue weighted by molar-refractivity contribution is -0.125. The van der Waals surface area contributed by atoms with Gasteiger partial charge < -0.3 is 4.74 Å². The fraction of sp³-hybridized carbons (Fsp3) is 0.269. The van der Waals surface area contributed by atoms with E-state index >= 15 is 0 Å². The molecule has 174 valence electrons. The van der Waals surface area contributed by atoms with E-state index in [1.165, 1.54) is 18.7 Å². The average Bonchev–Trinajstić information content (AvgIpc) is 3.28. The van der Waals surface area contributed by atoms with Crippen LogP contribution in [-0.2, 0) is 15.0 Å². The highest BCUT2D eigenvalue weighted by molar-refractivity contribution is 6.36. The van der Waals surface area contributed by atoms with E-state index < -0.39 is 22.6 Å². The van der Waals surface area contributed by atoms with Gasteiger partial charge in [-0.15, -0.1) is 0 Å². The van der Waals surface area contributed by atoms with Crippen molar-refractivity contribution in [2.45, 2.75) is 32.0 Å². The van der Waals surface area contributed by atoms with Crippen molar-refractivity contribution in [1.29, 1.82) is 0 Å². The van der Waals surface area contributed by atoms with Crippen LogP contribution in [0.2, 0.25) is 10.0 Å². The lowest BCUT2D eigenvalue weighted by Gasteiger charge is -2.29. The summed E-state index contributed by atoms with van der Waals surface area (Å²) < 4.78 is 19.3. The first-order valence-corrected chi connectivity index (χ1v) is 11.5. The standard InChI is InChI=1S/C26H21Cl2FN2O3/c1-24(2,29)34-20-6-4-15(5-7-20)26(16-8-10-30-11-9-16)21-22(32)31(23(33)25(21,26)3)19-13-17(27)12-18(28)14-19/h4-14,21H,1-3H3/t21-,25-,26+/m1/s1. The molecule has 0 spiro atoms. The van der Waals surface area contributed by atoms with Gasteiger partial charge in [0, 0.05) is 41.7 Å². The number of ether oxygens (including phenoxy) is 1. The van der Waals surface area contributed by atoms with E-state index in [9.17, 15) is 14.0 Å². The summed E-state index contributed by atoms with van der Waals surface area (Å²) in [5.41, 5.74) is -0.0199. The van der Waals surface area contributed by atoms with Crippen molar-refractivity contribution in [2.24, 2.45) is 11.3 Å². The van der Waals surface area contributed by atoms with Crippen molar-refractivity contribution >= 4 is 40.7 Å². The highest BCUT2D eigenvalue weighted by Gasteiger charge is 2.86. The van der Waals surface area contributed by atoms with Crippen LogP contribution in [0.5, 0.6) is 5.75 Å². The summed E-state index contributed by atoms with van der Waals surface area (Å²) in [7, 11) is 0. The number of piperidine rings is 1. The molecule has 8 heteroatoms. The number of amides is 2. The van der Waals surface area contributed by atoms with Crippen LogP contribution in [0.1, 0.15) is 31.9 Å². The summed E-state index contributed by atoms with van der Waals surface area (Å²) >= 11 is 12.3. The predicted octanol–water partition coefficient (Wildman–Crippen LogP) is 5.97. The molecule has 2 heterocycles. The van der Waals surface area contributed by atoms with Crippen molar-refractivity contribution in [3.05, 3.63) is 88.2 Å². The Morgan fingerprint density at radius 2 is 1.53 bits per heavy atom. The quantitative estimate of drug-likeness (QED) is 0.406. The molecule has 1 aliphatic carbocycles. The molecule has 0 radical (unpaired) electrons. The average molecular weight is 499 g/mol. The first-order valence-electron chi connectivity index (χ1n) is 10.7. The summed E-state index contributed by atoms with van der Waals surface area (Å²) in [6, 6.07) is 15.2. The van der Waals surface area contributed by atoms with Gasteiger partial charge in [-0.25, -0.2) is 4.90 Å². The molecular formula is C26H21Cl2FN2O3. The van der Waals surface area contributed by atoms with Gasteiger partial charge in [0.15, 0.2) is 0 Å². The van der Waals surface area contributed by atoms with Crippen LogP contribution >= 0.6 is 23.2 Å². The van der Waals surface area contributed by atoms with Gasteiger partial charge in [-0.2, -0.15) is 4.39 Å². The maximum atomic E-state index is 14.0. The number of carbonyl (C=O) groups is 2. The molecule has 2 aliphatic rings. The number of hydrogen-bond acceptors (Lipinski definition) is 4. The molecule has 5 rings (SSSR count). The predicted molar refractivity (Wildman–Crippen MR) is 128 cm³/mol. The third kappa shape index (κ3) is 3.16. The smallest absolute Gasteiger partial charge is 0.242 e. The van der Waals surface area contributed by atoms with E-state index in [1.807, 2.05) is 12.1 Å². The summed E-state index contributed by atoms with van der Waals surface area (Å²) in [6.07, 6.45) is 3.28. The lowest BCUT2D eigenvalue weighted by atomic mass is 9.79. The number of benzene rings is 2. The van der Waals surface area contributed by atoms with Gasteiger partial charge in [-0.1, -0.05) is 35.3 Å². The third-order valence-electron chi connectivity index (χ3n) is 6.77. The van der Waals surface area contributed by atoms with E-state index in [-0.39, 0.29) is 11.8 Å². The minimum absolute atomic E-state index is 0.326. The zero-order valence-corrected chi connectivity index (χ0v) is 20.2. The number of carbonyl (C=O) groups excluding carboxylic acids is 2. The fourth-order valence-electron chi connectivity index (χ4n) is 5.50. The summed E-state index contributed by atoms with van der Waals surface area (Å²) in [5, 5.41) is 0.668. The van der Waals surface area contributed by atoms with Crippen molar-refractivity contribution in [1.82, 2.24) is 4.98 Å². The molecular weight excluding hydrogens is 478 g/mol. The summed E-state index contributed by atoms with van der Waals surface area (Å²) in [6.45, 7) is 4.44. The molecule has 0 unspecified atom stereocenters. The molecule has 5 nitrogen and oxygen atoms in total. The topological polar surface area (TPSA) is 59.5 Å². The second-order valence-corrected chi connectivity index (χ2v) is 10.1. The first kappa shape index (κ1) is 22.8. The maximum Gasteiger partial charge on any atom is 0.242 e. The Morgan fingerprint density at radius 3 is 2.03 bits per heavy atom. The number of anilines is 1. The Kier molecular flexibility index (Phi) is 5.05. The van der Waals surface area contributed by atoms with Gasteiger partial charge in [0.2, 0.25) is 17.7 Å². The van der Waals surface area contributed by atoms with Crippen molar-refractivity contribution in [3.63, 3.8) is 0 Å². The number of pyridine rings is 1. The zero-order chi connectivity index (χ0) is 24.5. The van der Waals surface area contributed by atoms with Gasteiger partial charge in [-0.05, 0) is 60.5 Å². The van der Waals surface area contributed by atoms with Crippen LogP contribution in [0.3, 0.4) is 0 Å². The minimum atomic E-state index is -1.84. The zero-order valence-electron chi connectivity index (χ0n) is 18.7. The molecule has 3 aromatic rings. The van der Waals surface area contributed by atoms with Crippen molar-refractivity contribution in [3.8, 4) is 5.75 Å². The first-order chi connectivity index (χ1) is 16.0. The van der Waals surface area contributed by atoms with E-state index in [0.717, 1.165) is 11.1 Å². The van der Waals surface area contributed by atoms with Gasteiger partial charge in [0.25, 0.3) is 0 Å². The number of nitrogens with zero attached hydrogens (tertiary/aromatic N) is 2. The summed E-state index contributed by atoms with van der Waals surface area (Å²) in [5.74, 6) is -2.78. The van der Waals surface area contributed by atoms with Crippen molar-refractivity contribution in [2.75, 3.05) is 4.90 Å². The normalized spacial score (nSPS) is 25.9. The Balaban J connectivity index is 1.61. The number of fused-ring (bicyclic) bond motifs is 1. The second-order valence-electron chi connectivity index (χ2n) is 9.28. The van der Waals surface area contributed by atoms with Gasteiger partial charge in [-0.3, -0.25) is 14.6 Å². The number of imide groups is 1. The molecule has 2 fully saturated rings. The van der Waals surface area contributed by atoms with E-state index in [2.05, 4.69) is 4.98 Å². The highest BCUT2D eigenvalue weighted by Crippen LogP contribution is 2.76. The van der Waals surface area contributed by atoms with Crippen LogP contribution in [0.4, 0.5) is 10.1 Å². The van der Waals surface area contributed by atoms with Crippen LogP contribution in [-0.4, -0.2) is 22.7 Å².